The first-order valence-corrected chi connectivity index (χ1v) is 18.7. The molecule has 6 nitrogen and oxygen atoms in total. The maximum absolute atomic E-state index is 9.86. The average molecular weight is 762 g/mol. The van der Waals surface area contributed by atoms with Crippen LogP contribution in [0.2, 0.25) is 0 Å². The highest BCUT2D eigenvalue weighted by Gasteiger charge is 2.20. The number of fused-ring (bicyclic) bond motifs is 7. The van der Waals surface area contributed by atoms with Gasteiger partial charge in [0.2, 0.25) is 0 Å². The van der Waals surface area contributed by atoms with E-state index in [1.807, 2.05) is 79.0 Å². The normalized spacial score (nSPS) is 14.9. The Labute approximate surface area is 352 Å². The van der Waals surface area contributed by atoms with Crippen LogP contribution in [0.4, 0.5) is 0 Å². The quantitative estimate of drug-likeness (QED) is 0.125. The number of rotatable bonds is 6. The Kier molecular flexibility index (Phi) is 5.32. The van der Waals surface area contributed by atoms with E-state index in [1.54, 1.807) is 16.7 Å². The molecule has 0 spiro atoms. The first kappa shape index (κ1) is 23.6. The van der Waals surface area contributed by atoms with Gasteiger partial charge in [0.15, 0.2) is 0 Å². The van der Waals surface area contributed by atoms with Crippen molar-refractivity contribution in [2.75, 3.05) is 0 Å². The van der Waals surface area contributed by atoms with Crippen LogP contribution in [0.5, 0.6) is 11.5 Å². The molecule has 7 aromatic carbocycles. The second-order valence-corrected chi connectivity index (χ2v) is 15.0. The van der Waals surface area contributed by atoms with Crippen molar-refractivity contribution in [3.05, 3.63) is 194 Å². The highest BCUT2D eigenvalue weighted by Crippen LogP contribution is 2.37. The van der Waals surface area contributed by atoms with Crippen LogP contribution in [0.25, 0.3) is 77.5 Å². The molecule has 0 N–H and O–H groups in total. The number of aromatic nitrogens is 5. The SMILES string of the molecule is [2H]c1c([2H])c([2H])c(-n2c3c([2H])c([2H])c([2H])c([2H])c3c3c([2H])c([2H])c(-[n+]4[c-]n(-c5cccc(Oc6ccc7c8ccccc8n(-c8cc(C(C)(C)C)ccn8)c7c6)c5)c5ccccc54)c([2H])c32)c([2H])c1[2H]. The molecule has 6 heteroatoms. The summed E-state index contributed by atoms with van der Waals surface area (Å²) in [6, 6.07) is 25.4. The Bertz CT molecular complexity index is 4050. The summed E-state index contributed by atoms with van der Waals surface area (Å²) >= 11 is 0. The minimum atomic E-state index is -0.707. The van der Waals surface area contributed by atoms with E-state index in [0.717, 1.165) is 37.8 Å². The van der Waals surface area contributed by atoms with Gasteiger partial charge in [-0.3, -0.25) is 13.7 Å². The predicted octanol–water partition coefficient (Wildman–Crippen LogP) is 12.4. The van der Waals surface area contributed by atoms with E-state index in [0.29, 0.717) is 28.2 Å². The van der Waals surface area contributed by atoms with Crippen molar-refractivity contribution in [2.24, 2.45) is 0 Å². The Hall–Kier alpha value is -7.44. The van der Waals surface area contributed by atoms with E-state index in [9.17, 15) is 4.11 Å². The number of para-hydroxylation sites is 5. The maximum Gasteiger partial charge on any atom is 0.269 e. The molecule has 0 radical (unpaired) electrons. The Morgan fingerprint density at radius 1 is 0.586 bits per heavy atom. The van der Waals surface area contributed by atoms with E-state index in [-0.39, 0.29) is 32.9 Å². The highest BCUT2D eigenvalue weighted by molar-refractivity contribution is 6.10. The zero-order valence-electron chi connectivity index (χ0n) is 43.5. The van der Waals surface area contributed by atoms with Crippen molar-refractivity contribution in [3.63, 3.8) is 0 Å². The molecule has 0 bridgehead atoms. The van der Waals surface area contributed by atoms with Gasteiger partial charge in [-0.25, -0.2) is 4.98 Å². The number of benzene rings is 7. The number of hydrogen-bond donors (Lipinski definition) is 0. The topological polar surface area (TPSA) is 40.8 Å². The van der Waals surface area contributed by atoms with Crippen molar-refractivity contribution < 1.29 is 25.8 Å². The fraction of sp³-hybridized carbons (Fsp3) is 0.0769. The summed E-state index contributed by atoms with van der Waals surface area (Å²) in [5, 5.41) is 1.66. The largest absolute Gasteiger partial charge is 0.458 e. The molecule has 0 saturated carbocycles. The standard InChI is InChI=1S/C52H39N5O/c1-52(2,3)35-28-29-53-51(30-35)57-46-21-10-8-19-42(46)44-27-25-40(33-50(44)57)58-39-17-13-16-37(31-39)54-34-55(48-23-12-11-22-47(48)54)38-24-26-43-41-18-7-9-20-45(41)56(49(43)32-38)36-14-5-4-6-15-36/h4-33H,1-3H3/i4D,5D,6D,7D,9D,14D,15D,18D,20D,24D,26D,32D. The van der Waals surface area contributed by atoms with Crippen LogP contribution in [0.1, 0.15) is 42.8 Å². The molecule has 58 heavy (non-hydrogen) atoms. The van der Waals surface area contributed by atoms with Gasteiger partial charge in [0.05, 0.1) is 60.9 Å². The highest BCUT2D eigenvalue weighted by atomic mass is 16.5. The summed E-state index contributed by atoms with van der Waals surface area (Å²) in [6.45, 7) is 6.51. The molecule has 0 fully saturated rings. The number of pyridine rings is 1. The lowest BCUT2D eigenvalue weighted by molar-refractivity contribution is -0.572. The third kappa shape index (κ3) is 5.48. The van der Waals surface area contributed by atoms with Gasteiger partial charge in [-0.2, -0.15) is 0 Å². The molecular formula is C52H39N5O. The van der Waals surface area contributed by atoms with E-state index < -0.39 is 78.2 Å². The zero-order chi connectivity index (χ0) is 49.4. The first-order chi connectivity index (χ1) is 33.4. The maximum atomic E-state index is 9.86. The van der Waals surface area contributed by atoms with Crippen LogP contribution in [-0.4, -0.2) is 18.7 Å². The van der Waals surface area contributed by atoms with Crippen LogP contribution >= 0.6 is 0 Å². The summed E-state index contributed by atoms with van der Waals surface area (Å²) in [6.07, 6.45) is 5.13. The molecule has 4 aromatic heterocycles. The van der Waals surface area contributed by atoms with Crippen molar-refractivity contribution in [2.45, 2.75) is 26.2 Å². The van der Waals surface area contributed by atoms with Crippen LogP contribution in [0.3, 0.4) is 0 Å². The Morgan fingerprint density at radius 3 is 2.22 bits per heavy atom. The minimum absolute atomic E-state index is 0.0948. The molecule has 0 aliphatic rings. The average Bonchev–Trinajstić information content (AvgIpc) is 4.02. The molecule has 0 aliphatic heterocycles. The van der Waals surface area contributed by atoms with E-state index >= 15 is 0 Å². The molecule has 4 heterocycles. The third-order valence-electron chi connectivity index (χ3n) is 10.4. The second kappa shape index (κ2) is 13.1. The van der Waals surface area contributed by atoms with E-state index in [2.05, 4.69) is 49.9 Å². The van der Waals surface area contributed by atoms with Gasteiger partial charge in [0, 0.05) is 39.5 Å². The lowest BCUT2D eigenvalue weighted by Crippen LogP contribution is -2.29. The van der Waals surface area contributed by atoms with E-state index in [4.69, 9.17) is 22.1 Å². The number of ether oxygens (including phenoxy) is 1. The lowest BCUT2D eigenvalue weighted by atomic mass is 9.88. The van der Waals surface area contributed by atoms with Crippen molar-refractivity contribution >= 4 is 54.6 Å². The number of hydrogen-bond acceptors (Lipinski definition) is 2. The van der Waals surface area contributed by atoms with E-state index in [1.165, 1.54) is 4.57 Å². The summed E-state index contributed by atoms with van der Waals surface area (Å²) in [4.78, 5) is 4.81. The Balaban J connectivity index is 1.09. The monoisotopic (exact) mass is 761 g/mol. The second-order valence-electron chi connectivity index (χ2n) is 15.0. The molecular weight excluding hydrogens is 711 g/mol. The molecule has 0 aliphatic carbocycles. The van der Waals surface area contributed by atoms with Crippen LogP contribution in [-0.2, 0) is 5.41 Å². The van der Waals surface area contributed by atoms with Crippen molar-refractivity contribution in [1.82, 2.24) is 18.7 Å². The first-order valence-electron chi connectivity index (χ1n) is 24.7. The van der Waals surface area contributed by atoms with Crippen molar-refractivity contribution in [3.8, 4) is 34.4 Å². The number of imidazole rings is 1. The van der Waals surface area contributed by atoms with Crippen molar-refractivity contribution in [1.29, 1.82) is 0 Å². The molecule has 0 saturated heterocycles. The van der Waals surface area contributed by atoms with Gasteiger partial charge in [0.1, 0.15) is 17.3 Å². The molecule has 0 amide bonds. The lowest BCUT2D eigenvalue weighted by Gasteiger charge is -2.20. The van der Waals surface area contributed by atoms with Gasteiger partial charge in [-0.1, -0.05) is 112 Å². The van der Waals surface area contributed by atoms with Gasteiger partial charge >= 0.3 is 0 Å². The Morgan fingerprint density at radius 2 is 1.34 bits per heavy atom. The zero-order valence-corrected chi connectivity index (χ0v) is 31.5. The fourth-order valence-electron chi connectivity index (χ4n) is 7.70. The van der Waals surface area contributed by atoms with Gasteiger partial charge in [-0.15, -0.1) is 0 Å². The van der Waals surface area contributed by atoms with Crippen LogP contribution in [0, 0.1) is 6.33 Å². The smallest absolute Gasteiger partial charge is 0.269 e. The molecule has 278 valence electrons. The summed E-state index contributed by atoms with van der Waals surface area (Å²) < 4.78 is 120. The summed E-state index contributed by atoms with van der Waals surface area (Å²) in [7, 11) is 0. The van der Waals surface area contributed by atoms with Gasteiger partial charge < -0.3 is 9.30 Å². The molecule has 11 aromatic rings. The number of nitrogens with zero attached hydrogens (tertiary/aromatic N) is 5. The van der Waals surface area contributed by atoms with Crippen LogP contribution in [0.15, 0.2) is 182 Å². The summed E-state index contributed by atoms with van der Waals surface area (Å²) in [5.74, 6) is 1.85. The summed E-state index contributed by atoms with van der Waals surface area (Å²) in [5.41, 5.74) is 3.40. The molecule has 0 atom stereocenters. The van der Waals surface area contributed by atoms with Gasteiger partial charge in [-0.05, 0) is 89.7 Å². The van der Waals surface area contributed by atoms with Gasteiger partial charge in [0.25, 0.3) is 6.33 Å². The third-order valence-corrected chi connectivity index (χ3v) is 10.4. The molecule has 11 rings (SSSR count). The van der Waals surface area contributed by atoms with Crippen LogP contribution < -0.4 is 9.30 Å². The minimum Gasteiger partial charge on any atom is -0.458 e. The predicted molar refractivity (Wildman–Crippen MR) is 235 cm³/mol. The fourth-order valence-corrected chi connectivity index (χ4v) is 7.70. The molecule has 0 unspecified atom stereocenters.